The molecule has 0 saturated heterocycles. The van der Waals surface area contributed by atoms with E-state index in [1.165, 1.54) is 37.3 Å². The molecule has 0 amide bonds. The fourth-order valence-electron chi connectivity index (χ4n) is 0.912. The van der Waals surface area contributed by atoms with E-state index in [1.807, 2.05) is 11.8 Å². The largest absolute Gasteiger partial charge is 0.314 e. The Bertz CT molecular complexity index is 81.3. The van der Waals surface area contributed by atoms with Crippen LogP contribution in [0, 0.1) is 0 Å². The Morgan fingerprint density at radius 1 is 1.50 bits per heavy atom. The van der Waals surface area contributed by atoms with Gasteiger partial charge in [-0.1, -0.05) is 6.92 Å². The van der Waals surface area contributed by atoms with Crippen molar-refractivity contribution in [1.82, 2.24) is 5.32 Å². The van der Waals surface area contributed by atoms with E-state index in [0.717, 1.165) is 6.04 Å². The number of nitrogens with one attached hydrogen (secondary N) is 1. The summed E-state index contributed by atoms with van der Waals surface area (Å²) in [5, 5.41) is 3.50. The molecule has 1 fully saturated rings. The summed E-state index contributed by atoms with van der Waals surface area (Å²) in [5.41, 5.74) is 0. The van der Waals surface area contributed by atoms with Gasteiger partial charge in [0.1, 0.15) is 0 Å². The number of hydrogen-bond acceptors (Lipinski definition) is 2. The SMILES string of the molecule is CCSCCCNC1CC1. The van der Waals surface area contributed by atoms with Crippen LogP contribution in [0.25, 0.3) is 0 Å². The molecule has 2 heteroatoms. The fraction of sp³-hybridized carbons (Fsp3) is 1.00. The lowest BCUT2D eigenvalue weighted by Crippen LogP contribution is -2.17. The molecular formula is C8H17NS. The average Bonchev–Trinajstić information content (AvgIpc) is 2.71. The van der Waals surface area contributed by atoms with Gasteiger partial charge in [0.15, 0.2) is 0 Å². The van der Waals surface area contributed by atoms with Gasteiger partial charge in [-0.2, -0.15) is 11.8 Å². The molecule has 0 radical (unpaired) electrons. The van der Waals surface area contributed by atoms with Crippen LogP contribution in [0.4, 0.5) is 0 Å². The molecule has 0 spiro atoms. The molecule has 1 nitrogen and oxygen atoms in total. The second-order valence-electron chi connectivity index (χ2n) is 2.78. The van der Waals surface area contributed by atoms with Crippen molar-refractivity contribution in [1.29, 1.82) is 0 Å². The molecule has 0 unspecified atom stereocenters. The van der Waals surface area contributed by atoms with E-state index < -0.39 is 0 Å². The van der Waals surface area contributed by atoms with E-state index in [4.69, 9.17) is 0 Å². The molecule has 1 saturated carbocycles. The van der Waals surface area contributed by atoms with Crippen molar-refractivity contribution in [3.63, 3.8) is 0 Å². The molecule has 1 rings (SSSR count). The van der Waals surface area contributed by atoms with Crippen LogP contribution in [0.1, 0.15) is 26.2 Å². The van der Waals surface area contributed by atoms with Crippen molar-refractivity contribution < 1.29 is 0 Å². The van der Waals surface area contributed by atoms with Gasteiger partial charge in [0.25, 0.3) is 0 Å². The highest BCUT2D eigenvalue weighted by Crippen LogP contribution is 2.18. The first-order valence-electron chi connectivity index (χ1n) is 4.24. The zero-order valence-corrected chi connectivity index (χ0v) is 7.54. The molecule has 0 bridgehead atoms. The minimum atomic E-state index is 0.895. The van der Waals surface area contributed by atoms with Gasteiger partial charge in [-0.3, -0.25) is 0 Å². The fourth-order valence-corrected chi connectivity index (χ4v) is 1.55. The molecule has 60 valence electrons. The first kappa shape index (κ1) is 8.41. The zero-order valence-electron chi connectivity index (χ0n) is 6.73. The van der Waals surface area contributed by atoms with Gasteiger partial charge in [0.05, 0.1) is 0 Å². The maximum absolute atomic E-state index is 3.50. The zero-order chi connectivity index (χ0) is 7.23. The van der Waals surface area contributed by atoms with Crippen molar-refractivity contribution in [2.24, 2.45) is 0 Å². The van der Waals surface area contributed by atoms with E-state index >= 15 is 0 Å². The summed E-state index contributed by atoms with van der Waals surface area (Å²) in [6, 6.07) is 0.895. The van der Waals surface area contributed by atoms with Gasteiger partial charge in [0.2, 0.25) is 0 Å². The van der Waals surface area contributed by atoms with Gasteiger partial charge >= 0.3 is 0 Å². The summed E-state index contributed by atoms with van der Waals surface area (Å²) >= 11 is 2.04. The number of hydrogen-bond donors (Lipinski definition) is 1. The van der Waals surface area contributed by atoms with E-state index in [1.54, 1.807) is 0 Å². The second-order valence-corrected chi connectivity index (χ2v) is 4.17. The minimum absolute atomic E-state index is 0.895. The Morgan fingerprint density at radius 3 is 2.90 bits per heavy atom. The van der Waals surface area contributed by atoms with Gasteiger partial charge < -0.3 is 5.32 Å². The molecule has 0 aromatic rings. The lowest BCUT2D eigenvalue weighted by atomic mass is 10.5. The maximum atomic E-state index is 3.50. The Hall–Kier alpha value is 0.310. The number of rotatable bonds is 6. The highest BCUT2D eigenvalue weighted by molar-refractivity contribution is 7.99. The summed E-state index contributed by atoms with van der Waals surface area (Å²) < 4.78 is 0. The summed E-state index contributed by atoms with van der Waals surface area (Å²) in [7, 11) is 0. The van der Waals surface area contributed by atoms with Crippen molar-refractivity contribution >= 4 is 11.8 Å². The van der Waals surface area contributed by atoms with Gasteiger partial charge in [-0.15, -0.1) is 0 Å². The molecular weight excluding hydrogens is 142 g/mol. The molecule has 1 aliphatic rings. The first-order valence-corrected chi connectivity index (χ1v) is 5.40. The lowest BCUT2D eigenvalue weighted by molar-refractivity contribution is 0.674. The molecule has 0 aromatic heterocycles. The van der Waals surface area contributed by atoms with E-state index in [0.29, 0.717) is 0 Å². The predicted molar refractivity (Wildman–Crippen MR) is 48.6 cm³/mol. The Balaban J connectivity index is 1.68. The van der Waals surface area contributed by atoms with Crippen LogP contribution in [0.15, 0.2) is 0 Å². The van der Waals surface area contributed by atoms with Gasteiger partial charge in [-0.25, -0.2) is 0 Å². The standard InChI is InChI=1S/C8H17NS/c1-2-10-7-3-6-9-8-4-5-8/h8-9H,2-7H2,1H3. The third-order valence-corrected chi connectivity index (χ3v) is 2.67. The molecule has 0 aromatic carbocycles. The van der Waals surface area contributed by atoms with Crippen LogP contribution in [0.5, 0.6) is 0 Å². The van der Waals surface area contributed by atoms with Crippen LogP contribution in [-0.2, 0) is 0 Å². The van der Waals surface area contributed by atoms with Crippen LogP contribution < -0.4 is 5.32 Å². The van der Waals surface area contributed by atoms with Crippen LogP contribution in [-0.4, -0.2) is 24.1 Å². The minimum Gasteiger partial charge on any atom is -0.314 e. The smallest absolute Gasteiger partial charge is 0.00682 e. The molecule has 1 N–H and O–H groups in total. The molecule has 0 heterocycles. The topological polar surface area (TPSA) is 12.0 Å². The first-order chi connectivity index (χ1) is 4.93. The monoisotopic (exact) mass is 159 g/mol. The Labute approximate surface area is 68.0 Å². The molecule has 10 heavy (non-hydrogen) atoms. The predicted octanol–water partition coefficient (Wildman–Crippen LogP) is 1.88. The van der Waals surface area contributed by atoms with E-state index in [-0.39, 0.29) is 0 Å². The van der Waals surface area contributed by atoms with Gasteiger partial charge in [-0.05, 0) is 37.3 Å². The van der Waals surface area contributed by atoms with Crippen molar-refractivity contribution in [3.8, 4) is 0 Å². The van der Waals surface area contributed by atoms with Crippen LogP contribution >= 0.6 is 11.8 Å². The molecule has 0 atom stereocenters. The number of thioether (sulfide) groups is 1. The third kappa shape index (κ3) is 4.18. The third-order valence-electron chi connectivity index (χ3n) is 1.68. The Kier molecular flexibility index (Phi) is 4.23. The van der Waals surface area contributed by atoms with Crippen LogP contribution in [0.2, 0.25) is 0 Å². The Morgan fingerprint density at radius 2 is 2.30 bits per heavy atom. The summed E-state index contributed by atoms with van der Waals surface area (Å²) in [6.07, 6.45) is 4.18. The van der Waals surface area contributed by atoms with Crippen molar-refractivity contribution in [3.05, 3.63) is 0 Å². The lowest BCUT2D eigenvalue weighted by Gasteiger charge is -2.00. The summed E-state index contributed by atoms with van der Waals surface area (Å²) in [4.78, 5) is 0. The molecule has 1 aliphatic carbocycles. The normalized spacial score (nSPS) is 17.7. The highest BCUT2D eigenvalue weighted by atomic mass is 32.2. The highest BCUT2D eigenvalue weighted by Gasteiger charge is 2.19. The van der Waals surface area contributed by atoms with Crippen LogP contribution in [0.3, 0.4) is 0 Å². The summed E-state index contributed by atoms with van der Waals surface area (Å²) in [5.74, 6) is 2.60. The van der Waals surface area contributed by atoms with E-state index in [2.05, 4.69) is 12.2 Å². The summed E-state index contributed by atoms with van der Waals surface area (Å²) in [6.45, 7) is 3.46. The second kappa shape index (κ2) is 5.03. The maximum Gasteiger partial charge on any atom is 0.00682 e. The van der Waals surface area contributed by atoms with E-state index in [9.17, 15) is 0 Å². The average molecular weight is 159 g/mol. The molecule has 0 aliphatic heterocycles. The van der Waals surface area contributed by atoms with Gasteiger partial charge in [0, 0.05) is 6.04 Å². The van der Waals surface area contributed by atoms with Crippen molar-refractivity contribution in [2.45, 2.75) is 32.2 Å². The van der Waals surface area contributed by atoms with Crippen molar-refractivity contribution in [2.75, 3.05) is 18.1 Å². The quantitative estimate of drug-likeness (QED) is 0.594.